The van der Waals surface area contributed by atoms with Crippen molar-refractivity contribution in [1.29, 1.82) is 0 Å². The van der Waals surface area contributed by atoms with Crippen LogP contribution in [-0.4, -0.2) is 117 Å². The minimum atomic E-state index is 0.591. The van der Waals surface area contributed by atoms with E-state index < -0.39 is 0 Å². The van der Waals surface area contributed by atoms with Crippen LogP contribution in [0.1, 0.15) is 63.6 Å². The summed E-state index contributed by atoms with van der Waals surface area (Å²) in [5.41, 5.74) is 2.72. The van der Waals surface area contributed by atoms with Crippen LogP contribution >= 0.6 is 12.1 Å². The monoisotopic (exact) mass is 627 g/mol. The molecule has 2 aromatic heterocycles. The van der Waals surface area contributed by atoms with Gasteiger partial charge >= 0.3 is 0 Å². The lowest BCUT2D eigenvalue weighted by molar-refractivity contribution is 0.0203. The lowest BCUT2D eigenvalue weighted by Gasteiger charge is -2.36. The summed E-state index contributed by atoms with van der Waals surface area (Å²) in [6, 6.07) is 3.39. The lowest BCUT2D eigenvalue weighted by Crippen LogP contribution is -2.47. The summed E-state index contributed by atoms with van der Waals surface area (Å²) in [4.78, 5) is 2.17. The molecule has 0 bridgehead atoms. The number of rotatable bonds is 4. The number of hydrogen-bond donors (Lipinski definition) is 3. The van der Waals surface area contributed by atoms with Gasteiger partial charge in [-0.1, -0.05) is 13.8 Å². The lowest BCUT2D eigenvalue weighted by atomic mass is 9.86. The third-order valence-corrected chi connectivity index (χ3v) is 9.87. The van der Waals surface area contributed by atoms with Crippen LogP contribution in [0.25, 0.3) is 0 Å². The van der Waals surface area contributed by atoms with Crippen molar-refractivity contribution in [3.8, 4) is 0 Å². The van der Waals surface area contributed by atoms with Gasteiger partial charge in [-0.3, -0.25) is 9.69 Å². The molecule has 44 heavy (non-hydrogen) atoms. The molecule has 4 atom stereocenters. The summed E-state index contributed by atoms with van der Waals surface area (Å²) in [6.45, 7) is 15.3. The van der Waals surface area contributed by atoms with Gasteiger partial charge in [-0.05, 0) is 84.2 Å². The molecule has 0 aromatic carbocycles. The van der Waals surface area contributed by atoms with E-state index in [0.29, 0.717) is 12.1 Å². The Labute approximate surface area is 267 Å². The summed E-state index contributed by atoms with van der Waals surface area (Å²) < 4.78 is 10.6. The van der Waals surface area contributed by atoms with Gasteiger partial charge in [0.05, 0.1) is 24.5 Å². The van der Waals surface area contributed by atoms with Crippen molar-refractivity contribution in [3.63, 3.8) is 0 Å². The maximum atomic E-state index is 4.30. The Hall–Kier alpha value is -2.65. The first-order valence-electron chi connectivity index (χ1n) is 16.4. The maximum absolute atomic E-state index is 4.30. The van der Waals surface area contributed by atoms with E-state index in [0.717, 1.165) is 64.1 Å². The van der Waals surface area contributed by atoms with Crippen molar-refractivity contribution in [3.05, 3.63) is 42.0 Å². The SMILES string of the molecule is C1=NSN2C=C3CNCCN3N12.CC1CCc2ccnn2C1C.CCNCCN(C)C.c1nnc2n1C1CCNCC1CC2. The first kappa shape index (κ1) is 32.7. The average molecular weight is 628 g/mol. The van der Waals surface area contributed by atoms with Crippen LogP contribution in [-0.2, 0) is 12.8 Å². The zero-order valence-corrected chi connectivity index (χ0v) is 28.1. The van der Waals surface area contributed by atoms with Gasteiger partial charge in [-0.25, -0.2) is 0 Å². The number of piperidine rings is 1. The number of nitrogens with zero attached hydrogens (tertiary/aromatic N) is 10. The Morgan fingerprint density at radius 3 is 2.84 bits per heavy atom. The van der Waals surface area contributed by atoms with Crippen LogP contribution in [0.15, 0.2) is 34.9 Å². The van der Waals surface area contributed by atoms with Crippen LogP contribution in [0, 0.1) is 11.8 Å². The van der Waals surface area contributed by atoms with E-state index in [9.17, 15) is 0 Å². The molecule has 13 nitrogen and oxygen atoms in total. The Kier molecular flexibility index (Phi) is 12.0. The van der Waals surface area contributed by atoms with E-state index in [-0.39, 0.29) is 0 Å². The molecular weight excluding hydrogens is 574 g/mol. The van der Waals surface area contributed by atoms with Crippen molar-refractivity contribution < 1.29 is 0 Å². The summed E-state index contributed by atoms with van der Waals surface area (Å²) in [6.07, 6.45) is 13.9. The van der Waals surface area contributed by atoms with Crippen molar-refractivity contribution in [1.82, 2.24) is 59.9 Å². The summed E-state index contributed by atoms with van der Waals surface area (Å²) in [5.74, 6) is 2.77. The summed E-state index contributed by atoms with van der Waals surface area (Å²) in [5, 5.41) is 26.7. The van der Waals surface area contributed by atoms with Gasteiger partial charge in [0.2, 0.25) is 0 Å². The topological polar surface area (TPSA) is 110 Å². The second kappa shape index (κ2) is 16.1. The highest BCUT2D eigenvalue weighted by molar-refractivity contribution is 7.96. The van der Waals surface area contributed by atoms with E-state index in [1.54, 1.807) is 0 Å². The van der Waals surface area contributed by atoms with Crippen LogP contribution in [0.3, 0.4) is 0 Å². The highest BCUT2D eigenvalue weighted by atomic mass is 32.2. The van der Waals surface area contributed by atoms with Gasteiger partial charge in [-0.2, -0.15) is 19.0 Å². The van der Waals surface area contributed by atoms with Crippen LogP contribution in [0.2, 0.25) is 0 Å². The van der Waals surface area contributed by atoms with Crippen LogP contribution in [0.4, 0.5) is 0 Å². The first-order chi connectivity index (χ1) is 21.5. The van der Waals surface area contributed by atoms with Gasteiger partial charge < -0.3 is 25.4 Å². The third-order valence-electron chi connectivity index (χ3n) is 9.24. The molecule has 8 rings (SSSR count). The first-order valence-corrected chi connectivity index (χ1v) is 17.1. The molecular formula is C30H53N13S. The molecule has 0 saturated carbocycles. The quantitative estimate of drug-likeness (QED) is 0.343. The number of likely N-dealkylation sites (N-methyl/N-ethyl adjacent to an activating group) is 2. The molecule has 2 saturated heterocycles. The Morgan fingerprint density at radius 2 is 2.00 bits per heavy atom. The van der Waals surface area contributed by atoms with Gasteiger partial charge in [0.1, 0.15) is 30.6 Å². The normalized spacial score (nSPS) is 26.0. The molecule has 2 aromatic rings. The predicted molar refractivity (Wildman–Crippen MR) is 177 cm³/mol. The third kappa shape index (κ3) is 8.13. The van der Waals surface area contributed by atoms with Crippen molar-refractivity contribution >= 4 is 18.5 Å². The Bertz CT molecular complexity index is 1210. The molecule has 0 aliphatic carbocycles. The Balaban J connectivity index is 0.000000118. The van der Waals surface area contributed by atoms with E-state index in [1.165, 1.54) is 61.6 Å². The zero-order valence-electron chi connectivity index (χ0n) is 27.3. The molecule has 0 spiro atoms. The zero-order chi connectivity index (χ0) is 30.9. The van der Waals surface area contributed by atoms with Gasteiger partial charge in [0, 0.05) is 50.5 Å². The van der Waals surface area contributed by atoms with Gasteiger partial charge in [0.25, 0.3) is 0 Å². The van der Waals surface area contributed by atoms with Crippen LogP contribution in [0.5, 0.6) is 0 Å². The highest BCUT2D eigenvalue weighted by Gasteiger charge is 2.33. The summed E-state index contributed by atoms with van der Waals surface area (Å²) in [7, 11) is 4.16. The maximum Gasteiger partial charge on any atom is 0.145 e. The van der Waals surface area contributed by atoms with E-state index in [1.807, 2.05) is 28.4 Å². The summed E-state index contributed by atoms with van der Waals surface area (Å²) >= 11 is 1.46. The number of nitrogens with one attached hydrogen (secondary N) is 3. The second-order valence-corrected chi connectivity index (χ2v) is 13.3. The molecule has 6 aliphatic rings. The molecule has 6 aliphatic heterocycles. The van der Waals surface area contributed by atoms with Crippen molar-refractivity contribution in [2.75, 3.05) is 66.5 Å². The number of aryl methyl sites for hydroxylation is 2. The van der Waals surface area contributed by atoms with Crippen LogP contribution < -0.4 is 16.0 Å². The van der Waals surface area contributed by atoms with Crippen molar-refractivity contribution in [2.24, 2.45) is 16.2 Å². The number of hydrazine groups is 2. The standard InChI is InChI=1S/C9H14N4.C9H14N2.C6H9N5S.C6H16N2/c1-2-9-12-11-6-13(9)8-3-4-10-5-7(1)8;1-7-3-4-9-5-6-10-11(9)8(7)2;1-2-9-6(3-7-1)4-11-10(9)5-8-12-11;1-4-7-5-6-8(2)3/h6-8,10H,1-5H2;5-8H,3-4H2,1-2H3;4-5,7H,1-3H2;7H,4-6H2,1-3H3. The van der Waals surface area contributed by atoms with Gasteiger partial charge in [0.15, 0.2) is 0 Å². The number of piperazine rings is 1. The second-order valence-electron chi connectivity index (χ2n) is 12.5. The number of hydrogen-bond acceptors (Lipinski definition) is 12. The fraction of sp³-hybridized carbons (Fsp3) is 0.733. The molecule has 244 valence electrons. The predicted octanol–water partition coefficient (Wildman–Crippen LogP) is 2.34. The molecule has 4 unspecified atom stereocenters. The average Bonchev–Trinajstić information content (AvgIpc) is 3.85. The fourth-order valence-corrected chi connectivity index (χ4v) is 7.01. The molecule has 14 heteroatoms. The molecule has 0 amide bonds. The molecule has 3 N–H and O–H groups in total. The van der Waals surface area contributed by atoms with E-state index >= 15 is 0 Å². The minimum absolute atomic E-state index is 0.591. The smallest absolute Gasteiger partial charge is 0.145 e. The van der Waals surface area contributed by atoms with E-state index in [4.69, 9.17) is 0 Å². The van der Waals surface area contributed by atoms with Crippen molar-refractivity contribution in [2.45, 2.75) is 65.0 Å². The minimum Gasteiger partial charge on any atom is -0.316 e. The van der Waals surface area contributed by atoms with Gasteiger partial charge in [-0.15, -0.1) is 10.2 Å². The van der Waals surface area contributed by atoms with E-state index in [2.05, 4.69) is 102 Å². The Morgan fingerprint density at radius 1 is 1.11 bits per heavy atom. The molecule has 8 heterocycles. The molecule has 0 radical (unpaired) electrons. The number of fused-ring (bicyclic) bond motifs is 7. The number of aromatic nitrogens is 5. The fourth-order valence-electron chi connectivity index (χ4n) is 6.41. The molecule has 2 fully saturated rings. The largest absolute Gasteiger partial charge is 0.316 e. The highest BCUT2D eigenvalue weighted by Crippen LogP contribution is 2.33.